The Morgan fingerprint density at radius 3 is 2.32 bits per heavy atom. The number of nitrogens with zero attached hydrogens (tertiary/aromatic N) is 4. The summed E-state index contributed by atoms with van der Waals surface area (Å²) in [5.41, 5.74) is 2.37. The number of amides is 2. The topological polar surface area (TPSA) is 56.8 Å². The smallest absolute Gasteiger partial charge is 0.264 e. The van der Waals surface area contributed by atoms with Gasteiger partial charge in [-0.25, -0.2) is 4.39 Å². The van der Waals surface area contributed by atoms with Crippen molar-refractivity contribution in [2.75, 3.05) is 42.5 Å². The lowest BCUT2D eigenvalue weighted by atomic mass is 10.2. The van der Waals surface area contributed by atoms with Gasteiger partial charge in [-0.3, -0.25) is 14.6 Å². The van der Waals surface area contributed by atoms with E-state index in [1.54, 1.807) is 17.3 Å². The van der Waals surface area contributed by atoms with E-state index >= 15 is 0 Å². The molecule has 0 spiro atoms. The molecule has 31 heavy (non-hydrogen) atoms. The number of thiophene rings is 1. The SMILES string of the molecule is O=C(c1cc2c(s1)CCN2C(=O)c1ccc(F)cc1)N1CCN(c2ccncc2)CC1. The van der Waals surface area contributed by atoms with E-state index in [0.29, 0.717) is 30.1 Å². The second-order valence-corrected chi connectivity index (χ2v) is 8.75. The van der Waals surface area contributed by atoms with Crippen LogP contribution in [-0.4, -0.2) is 54.4 Å². The zero-order valence-electron chi connectivity index (χ0n) is 16.8. The summed E-state index contributed by atoms with van der Waals surface area (Å²) < 4.78 is 13.2. The van der Waals surface area contributed by atoms with Crippen LogP contribution in [0.25, 0.3) is 0 Å². The molecule has 1 saturated heterocycles. The summed E-state index contributed by atoms with van der Waals surface area (Å²) in [7, 11) is 0. The number of aromatic nitrogens is 1. The van der Waals surface area contributed by atoms with Crippen molar-refractivity contribution in [3.8, 4) is 0 Å². The molecule has 1 fully saturated rings. The maximum Gasteiger partial charge on any atom is 0.264 e. The maximum absolute atomic E-state index is 13.2. The molecule has 0 radical (unpaired) electrons. The standard InChI is InChI=1S/C23H21FN4O2S/c24-17-3-1-16(2-4-17)22(29)28-10-7-20-19(28)15-21(31-20)23(30)27-13-11-26(12-14-27)18-5-8-25-9-6-18/h1-6,8-9,15H,7,10-14H2. The molecule has 4 heterocycles. The summed E-state index contributed by atoms with van der Waals surface area (Å²) in [6.07, 6.45) is 4.29. The number of pyridine rings is 1. The van der Waals surface area contributed by atoms with Gasteiger partial charge in [0.15, 0.2) is 0 Å². The van der Waals surface area contributed by atoms with Crippen LogP contribution in [0.1, 0.15) is 24.9 Å². The van der Waals surface area contributed by atoms with Gasteiger partial charge in [0.1, 0.15) is 5.82 Å². The average Bonchev–Trinajstić information content (AvgIpc) is 3.40. The average molecular weight is 437 g/mol. The normalized spacial score (nSPS) is 15.8. The van der Waals surface area contributed by atoms with Crippen LogP contribution >= 0.6 is 11.3 Å². The monoisotopic (exact) mass is 436 g/mol. The molecular weight excluding hydrogens is 415 g/mol. The van der Waals surface area contributed by atoms with E-state index in [4.69, 9.17) is 0 Å². The summed E-state index contributed by atoms with van der Waals surface area (Å²) >= 11 is 1.47. The highest BCUT2D eigenvalue weighted by molar-refractivity contribution is 7.14. The highest BCUT2D eigenvalue weighted by atomic mass is 32.1. The maximum atomic E-state index is 13.2. The minimum Gasteiger partial charge on any atom is -0.368 e. The van der Waals surface area contributed by atoms with Gasteiger partial charge in [0, 0.05) is 67.7 Å². The number of piperazine rings is 1. The third kappa shape index (κ3) is 3.79. The van der Waals surface area contributed by atoms with Gasteiger partial charge in [-0.2, -0.15) is 0 Å². The van der Waals surface area contributed by atoms with Gasteiger partial charge in [0.25, 0.3) is 11.8 Å². The Bertz CT molecular complexity index is 1110. The van der Waals surface area contributed by atoms with E-state index in [1.807, 2.05) is 23.1 Å². The van der Waals surface area contributed by atoms with Crippen molar-refractivity contribution in [1.82, 2.24) is 9.88 Å². The molecular formula is C23H21FN4O2S. The predicted octanol–water partition coefficient (Wildman–Crippen LogP) is 3.45. The first kappa shape index (κ1) is 19.7. The number of anilines is 2. The Kier molecular flexibility index (Phi) is 5.15. The first-order valence-corrected chi connectivity index (χ1v) is 11.1. The minimum absolute atomic E-state index is 0.0166. The fraction of sp³-hybridized carbons (Fsp3) is 0.261. The molecule has 3 aromatic rings. The van der Waals surface area contributed by atoms with Crippen LogP contribution in [0.2, 0.25) is 0 Å². The first-order chi connectivity index (χ1) is 15.1. The molecule has 0 atom stereocenters. The van der Waals surface area contributed by atoms with Gasteiger partial charge >= 0.3 is 0 Å². The number of carbonyl (C=O) groups is 2. The van der Waals surface area contributed by atoms with Crippen molar-refractivity contribution < 1.29 is 14.0 Å². The van der Waals surface area contributed by atoms with Crippen LogP contribution in [0.5, 0.6) is 0 Å². The lowest BCUT2D eigenvalue weighted by Crippen LogP contribution is -2.48. The zero-order valence-corrected chi connectivity index (χ0v) is 17.6. The van der Waals surface area contributed by atoms with Crippen LogP contribution in [0.4, 0.5) is 15.8 Å². The second kappa shape index (κ2) is 8.11. The molecule has 2 amide bonds. The Labute approximate surface area is 183 Å². The lowest BCUT2D eigenvalue weighted by Gasteiger charge is -2.35. The van der Waals surface area contributed by atoms with E-state index in [9.17, 15) is 14.0 Å². The van der Waals surface area contributed by atoms with Crippen LogP contribution in [0.15, 0.2) is 54.9 Å². The first-order valence-electron chi connectivity index (χ1n) is 10.2. The molecule has 158 valence electrons. The van der Waals surface area contributed by atoms with E-state index in [1.165, 1.54) is 35.6 Å². The largest absolute Gasteiger partial charge is 0.368 e. The summed E-state index contributed by atoms with van der Waals surface area (Å²) in [6.45, 7) is 3.44. The molecule has 2 aromatic heterocycles. The summed E-state index contributed by atoms with van der Waals surface area (Å²) in [5.74, 6) is -0.518. The molecule has 0 saturated carbocycles. The molecule has 5 rings (SSSR count). The van der Waals surface area contributed by atoms with Gasteiger partial charge in [0.05, 0.1) is 10.6 Å². The summed E-state index contributed by atoms with van der Waals surface area (Å²) in [5, 5.41) is 0. The number of fused-ring (bicyclic) bond motifs is 1. The molecule has 0 N–H and O–H groups in total. The molecule has 1 aromatic carbocycles. The number of carbonyl (C=O) groups excluding carboxylic acids is 2. The number of hydrogen-bond donors (Lipinski definition) is 0. The molecule has 0 unspecified atom stereocenters. The van der Waals surface area contributed by atoms with Crippen LogP contribution in [0, 0.1) is 5.82 Å². The van der Waals surface area contributed by atoms with Crippen LogP contribution in [-0.2, 0) is 6.42 Å². The molecule has 2 aliphatic rings. The van der Waals surface area contributed by atoms with Crippen molar-refractivity contribution in [3.05, 3.63) is 76.0 Å². The van der Waals surface area contributed by atoms with E-state index in [2.05, 4.69) is 9.88 Å². The molecule has 0 aliphatic carbocycles. The van der Waals surface area contributed by atoms with Crippen molar-refractivity contribution in [2.45, 2.75) is 6.42 Å². The zero-order chi connectivity index (χ0) is 21.4. The van der Waals surface area contributed by atoms with Crippen molar-refractivity contribution in [1.29, 1.82) is 0 Å². The molecule has 6 nitrogen and oxygen atoms in total. The molecule has 8 heteroatoms. The Morgan fingerprint density at radius 1 is 0.903 bits per heavy atom. The Hall–Kier alpha value is -3.26. The van der Waals surface area contributed by atoms with Gasteiger partial charge in [-0.15, -0.1) is 11.3 Å². The third-order valence-corrected chi connectivity index (χ3v) is 6.95. The van der Waals surface area contributed by atoms with E-state index in [-0.39, 0.29) is 17.6 Å². The number of rotatable bonds is 3. The third-order valence-electron chi connectivity index (χ3n) is 5.78. The summed E-state index contributed by atoms with van der Waals surface area (Å²) in [4.78, 5) is 37.6. The van der Waals surface area contributed by atoms with Crippen molar-refractivity contribution >= 4 is 34.5 Å². The highest BCUT2D eigenvalue weighted by Gasteiger charge is 2.31. The number of benzene rings is 1. The summed E-state index contributed by atoms with van der Waals surface area (Å²) in [6, 6.07) is 11.4. The van der Waals surface area contributed by atoms with Gasteiger partial charge in [0.2, 0.25) is 0 Å². The molecule has 2 aliphatic heterocycles. The van der Waals surface area contributed by atoms with Gasteiger partial charge in [-0.05, 0) is 42.5 Å². The van der Waals surface area contributed by atoms with Gasteiger partial charge < -0.3 is 14.7 Å². The van der Waals surface area contributed by atoms with Crippen LogP contribution in [0.3, 0.4) is 0 Å². The van der Waals surface area contributed by atoms with Crippen molar-refractivity contribution in [3.63, 3.8) is 0 Å². The number of halogens is 1. The molecule has 0 bridgehead atoms. The Balaban J connectivity index is 1.27. The Morgan fingerprint density at radius 2 is 1.61 bits per heavy atom. The fourth-order valence-corrected chi connectivity index (χ4v) is 5.22. The van der Waals surface area contributed by atoms with Crippen LogP contribution < -0.4 is 9.80 Å². The quantitative estimate of drug-likeness (QED) is 0.631. The highest BCUT2D eigenvalue weighted by Crippen LogP contribution is 2.37. The second-order valence-electron chi connectivity index (χ2n) is 7.62. The predicted molar refractivity (Wildman–Crippen MR) is 118 cm³/mol. The lowest BCUT2D eigenvalue weighted by molar-refractivity contribution is 0.0751. The number of hydrogen-bond acceptors (Lipinski definition) is 5. The van der Waals surface area contributed by atoms with Gasteiger partial charge in [-0.1, -0.05) is 0 Å². The van der Waals surface area contributed by atoms with Crippen molar-refractivity contribution in [2.24, 2.45) is 0 Å². The van der Waals surface area contributed by atoms with E-state index in [0.717, 1.165) is 35.8 Å². The van der Waals surface area contributed by atoms with E-state index < -0.39 is 0 Å². The fourth-order valence-electron chi connectivity index (χ4n) is 4.10. The minimum atomic E-state index is -0.369.